The van der Waals surface area contributed by atoms with Crippen LogP contribution in [0.3, 0.4) is 0 Å². The number of carbonyl (C=O) groups excluding carboxylic acids is 3. The molecule has 0 aliphatic rings. The smallest absolute Gasteiger partial charge is 0.242 e. The molecular formula is C10H17ClN2O3. The lowest BCUT2D eigenvalue weighted by Gasteiger charge is -2.22. The van der Waals surface area contributed by atoms with E-state index in [9.17, 15) is 14.4 Å². The predicted molar refractivity (Wildman–Crippen MR) is 61.2 cm³/mol. The minimum absolute atomic E-state index is 0.0429. The first-order valence-electron chi connectivity index (χ1n) is 5.02. The molecule has 16 heavy (non-hydrogen) atoms. The summed E-state index contributed by atoms with van der Waals surface area (Å²) in [6.07, 6.45) is 0.442. The Hall–Kier alpha value is -1.10. The SMILES string of the molecule is CC(C)C(NC(=O)[C@H](C)NC=O)C(=O)CCl. The van der Waals surface area contributed by atoms with Crippen molar-refractivity contribution in [3.63, 3.8) is 0 Å². The molecule has 92 valence electrons. The summed E-state index contributed by atoms with van der Waals surface area (Å²) in [4.78, 5) is 33.1. The number of hydrogen-bond acceptors (Lipinski definition) is 3. The molecule has 0 saturated heterocycles. The molecule has 2 N–H and O–H groups in total. The van der Waals surface area contributed by atoms with Crippen molar-refractivity contribution in [2.45, 2.75) is 32.9 Å². The van der Waals surface area contributed by atoms with Gasteiger partial charge in [0.25, 0.3) is 0 Å². The Bertz CT molecular complexity index is 269. The minimum atomic E-state index is -0.665. The highest BCUT2D eigenvalue weighted by atomic mass is 35.5. The summed E-state index contributed by atoms with van der Waals surface area (Å²) in [5.41, 5.74) is 0. The highest BCUT2D eigenvalue weighted by Crippen LogP contribution is 2.04. The summed E-state index contributed by atoms with van der Waals surface area (Å²) in [7, 11) is 0. The molecule has 6 heteroatoms. The van der Waals surface area contributed by atoms with Crippen molar-refractivity contribution in [2.75, 3.05) is 5.88 Å². The number of carbonyl (C=O) groups is 3. The topological polar surface area (TPSA) is 75.3 Å². The second-order valence-corrected chi connectivity index (χ2v) is 4.10. The zero-order valence-electron chi connectivity index (χ0n) is 9.62. The Balaban J connectivity index is 4.45. The number of rotatable bonds is 7. The van der Waals surface area contributed by atoms with Gasteiger partial charge < -0.3 is 10.6 Å². The molecule has 0 heterocycles. The van der Waals surface area contributed by atoms with Crippen LogP contribution in [0.25, 0.3) is 0 Å². The third-order valence-electron chi connectivity index (χ3n) is 2.15. The van der Waals surface area contributed by atoms with Crippen molar-refractivity contribution in [2.24, 2.45) is 5.92 Å². The first-order chi connectivity index (χ1) is 7.43. The van der Waals surface area contributed by atoms with Gasteiger partial charge in [-0.05, 0) is 12.8 Å². The summed E-state index contributed by atoms with van der Waals surface area (Å²) >= 11 is 5.44. The average molecular weight is 249 g/mol. The van der Waals surface area contributed by atoms with E-state index >= 15 is 0 Å². The lowest BCUT2D eigenvalue weighted by Crippen LogP contribution is -2.51. The van der Waals surface area contributed by atoms with E-state index in [1.807, 2.05) is 13.8 Å². The summed E-state index contributed by atoms with van der Waals surface area (Å²) in [5, 5.41) is 4.87. The third kappa shape index (κ3) is 4.61. The second kappa shape index (κ2) is 7.22. The van der Waals surface area contributed by atoms with Crippen LogP contribution in [0.2, 0.25) is 0 Å². The molecule has 2 atom stereocenters. The van der Waals surface area contributed by atoms with Gasteiger partial charge >= 0.3 is 0 Å². The zero-order chi connectivity index (χ0) is 12.7. The highest BCUT2D eigenvalue weighted by molar-refractivity contribution is 6.28. The van der Waals surface area contributed by atoms with Crippen LogP contribution in [0.15, 0.2) is 0 Å². The number of alkyl halides is 1. The Kier molecular flexibility index (Phi) is 6.72. The van der Waals surface area contributed by atoms with Crippen LogP contribution in [-0.4, -0.2) is 36.1 Å². The number of hydrogen-bond donors (Lipinski definition) is 2. The maximum atomic E-state index is 11.5. The summed E-state index contributed by atoms with van der Waals surface area (Å²) in [6, 6.07) is -1.28. The number of Topliss-reactive ketones (excluding diaryl/α,β-unsaturated/α-hetero) is 1. The van der Waals surface area contributed by atoms with Gasteiger partial charge in [-0.2, -0.15) is 0 Å². The van der Waals surface area contributed by atoms with E-state index in [0.717, 1.165) is 0 Å². The van der Waals surface area contributed by atoms with Gasteiger partial charge in [-0.3, -0.25) is 14.4 Å². The van der Waals surface area contributed by atoms with Crippen molar-refractivity contribution in [1.82, 2.24) is 10.6 Å². The number of halogens is 1. The Morgan fingerprint density at radius 1 is 1.31 bits per heavy atom. The van der Waals surface area contributed by atoms with Gasteiger partial charge in [0.15, 0.2) is 5.78 Å². The molecule has 0 fully saturated rings. The molecule has 0 radical (unpaired) electrons. The van der Waals surface area contributed by atoms with Gasteiger partial charge in [0.05, 0.1) is 11.9 Å². The number of amides is 2. The standard InChI is InChI=1S/C10H17ClN2O3/c1-6(2)9(8(15)4-11)13-10(16)7(3)12-5-14/h5-7,9H,4H2,1-3H3,(H,12,14)(H,13,16)/t7-,9?/m0/s1. The monoisotopic (exact) mass is 248 g/mol. The molecule has 0 bridgehead atoms. The molecule has 0 aromatic heterocycles. The van der Waals surface area contributed by atoms with E-state index in [1.165, 1.54) is 6.92 Å². The van der Waals surface area contributed by atoms with Crippen molar-refractivity contribution in [3.8, 4) is 0 Å². The molecule has 0 aromatic carbocycles. The minimum Gasteiger partial charge on any atom is -0.347 e. The van der Waals surface area contributed by atoms with E-state index in [-0.39, 0.29) is 17.6 Å². The molecular weight excluding hydrogens is 232 g/mol. The Labute approximate surface area is 99.9 Å². The molecule has 0 aliphatic heterocycles. The van der Waals surface area contributed by atoms with E-state index in [1.54, 1.807) is 0 Å². The zero-order valence-corrected chi connectivity index (χ0v) is 10.4. The normalized spacial score (nSPS) is 14.1. The molecule has 2 amide bonds. The van der Waals surface area contributed by atoms with E-state index in [2.05, 4.69) is 10.6 Å². The van der Waals surface area contributed by atoms with Crippen LogP contribution in [0.5, 0.6) is 0 Å². The fourth-order valence-electron chi connectivity index (χ4n) is 1.16. The quantitative estimate of drug-likeness (QED) is 0.495. The first-order valence-corrected chi connectivity index (χ1v) is 5.56. The molecule has 5 nitrogen and oxygen atoms in total. The molecule has 0 aromatic rings. The van der Waals surface area contributed by atoms with Crippen molar-refractivity contribution < 1.29 is 14.4 Å². The molecule has 0 rings (SSSR count). The van der Waals surface area contributed by atoms with Crippen LogP contribution in [0.1, 0.15) is 20.8 Å². The van der Waals surface area contributed by atoms with Crippen molar-refractivity contribution >= 4 is 29.7 Å². The van der Waals surface area contributed by atoms with Gasteiger partial charge in [0.1, 0.15) is 6.04 Å². The highest BCUT2D eigenvalue weighted by Gasteiger charge is 2.24. The van der Waals surface area contributed by atoms with Crippen molar-refractivity contribution in [3.05, 3.63) is 0 Å². The molecule has 0 spiro atoms. The summed E-state index contributed by atoms with van der Waals surface area (Å²) in [5.74, 6) is -0.815. The maximum absolute atomic E-state index is 11.5. The van der Waals surface area contributed by atoms with E-state index in [0.29, 0.717) is 6.41 Å². The fourth-order valence-corrected chi connectivity index (χ4v) is 1.32. The molecule has 0 aliphatic carbocycles. The summed E-state index contributed by atoms with van der Waals surface area (Å²) in [6.45, 7) is 5.16. The number of ketones is 1. The van der Waals surface area contributed by atoms with Crippen LogP contribution in [0, 0.1) is 5.92 Å². The van der Waals surface area contributed by atoms with E-state index < -0.39 is 18.0 Å². The van der Waals surface area contributed by atoms with Crippen LogP contribution in [0.4, 0.5) is 0 Å². The van der Waals surface area contributed by atoms with Gasteiger partial charge in [-0.15, -0.1) is 11.6 Å². The van der Waals surface area contributed by atoms with Gasteiger partial charge in [-0.1, -0.05) is 13.8 Å². The lowest BCUT2D eigenvalue weighted by molar-refractivity contribution is -0.129. The van der Waals surface area contributed by atoms with Crippen molar-refractivity contribution in [1.29, 1.82) is 0 Å². The van der Waals surface area contributed by atoms with Gasteiger partial charge in [-0.25, -0.2) is 0 Å². The Morgan fingerprint density at radius 2 is 1.88 bits per heavy atom. The molecule has 1 unspecified atom stereocenters. The second-order valence-electron chi connectivity index (χ2n) is 3.84. The summed E-state index contributed by atoms with van der Waals surface area (Å²) < 4.78 is 0. The Morgan fingerprint density at radius 3 is 2.25 bits per heavy atom. The number of nitrogens with one attached hydrogen (secondary N) is 2. The van der Waals surface area contributed by atoms with Crippen LogP contribution in [-0.2, 0) is 14.4 Å². The first kappa shape index (κ1) is 14.9. The average Bonchev–Trinajstić information content (AvgIpc) is 2.24. The maximum Gasteiger partial charge on any atom is 0.242 e. The predicted octanol–water partition coefficient (Wildman–Crippen LogP) is 0.0696. The van der Waals surface area contributed by atoms with E-state index in [4.69, 9.17) is 11.6 Å². The fraction of sp³-hybridized carbons (Fsp3) is 0.700. The van der Waals surface area contributed by atoms with Gasteiger partial charge in [0.2, 0.25) is 12.3 Å². The lowest BCUT2D eigenvalue weighted by atomic mass is 10.0. The third-order valence-corrected chi connectivity index (χ3v) is 2.42. The van der Waals surface area contributed by atoms with Gasteiger partial charge in [0, 0.05) is 0 Å². The van der Waals surface area contributed by atoms with Crippen LogP contribution < -0.4 is 10.6 Å². The molecule has 0 saturated carbocycles. The largest absolute Gasteiger partial charge is 0.347 e. The van der Waals surface area contributed by atoms with Crippen LogP contribution >= 0.6 is 11.6 Å².